The quantitative estimate of drug-likeness (QED) is 0.923. The molecule has 2 aromatic rings. The maximum atomic E-state index is 13.1. The van der Waals surface area contributed by atoms with Crippen molar-refractivity contribution in [2.24, 2.45) is 0 Å². The molecule has 0 bridgehead atoms. The molecule has 126 valence electrons. The first-order valence-electron chi connectivity index (χ1n) is 7.93. The van der Waals surface area contributed by atoms with Gasteiger partial charge in [0.15, 0.2) is 0 Å². The van der Waals surface area contributed by atoms with Gasteiger partial charge in [0.1, 0.15) is 0 Å². The number of carboxylic acids is 1. The van der Waals surface area contributed by atoms with Crippen LogP contribution in [0.2, 0.25) is 0 Å². The van der Waals surface area contributed by atoms with Crippen LogP contribution >= 0.6 is 0 Å². The topological polar surface area (TPSA) is 74.7 Å². The Hall–Kier alpha value is -2.18. The van der Waals surface area contributed by atoms with Crippen LogP contribution in [0.3, 0.4) is 0 Å². The number of sulfonamides is 1. The van der Waals surface area contributed by atoms with Crippen LogP contribution in [0.4, 0.5) is 0 Å². The highest BCUT2D eigenvalue weighted by Gasteiger charge is 2.29. The van der Waals surface area contributed by atoms with Gasteiger partial charge in [-0.3, -0.25) is 0 Å². The average Bonchev–Trinajstić information content (AvgIpc) is 2.62. The first kappa shape index (κ1) is 16.7. The van der Waals surface area contributed by atoms with E-state index in [0.29, 0.717) is 18.7 Å². The summed E-state index contributed by atoms with van der Waals surface area (Å²) in [6, 6.07) is 13.5. The van der Waals surface area contributed by atoms with Gasteiger partial charge in [-0.15, -0.1) is 0 Å². The standard InChI is InChI=1S/C18H19NO4S/c20-18(21)15-9-10-16(14-7-3-1-4-8-14)17(13-15)24(22,23)19-11-5-2-6-12-19/h1,3-4,7-10,13H,2,5-6,11-12H2,(H,20,21). The van der Waals surface area contributed by atoms with E-state index in [2.05, 4.69) is 0 Å². The minimum atomic E-state index is -3.73. The molecular formula is C18H19NO4S. The summed E-state index contributed by atoms with van der Waals surface area (Å²) in [5.74, 6) is -1.13. The highest BCUT2D eigenvalue weighted by atomic mass is 32.2. The van der Waals surface area contributed by atoms with E-state index in [1.807, 2.05) is 30.3 Å². The van der Waals surface area contributed by atoms with Crippen molar-refractivity contribution in [3.63, 3.8) is 0 Å². The van der Waals surface area contributed by atoms with Gasteiger partial charge in [-0.05, 0) is 30.5 Å². The summed E-state index contributed by atoms with van der Waals surface area (Å²) < 4.78 is 27.6. The summed E-state index contributed by atoms with van der Waals surface area (Å²) in [6.45, 7) is 0.960. The molecule has 3 rings (SSSR count). The van der Waals surface area contributed by atoms with Gasteiger partial charge in [-0.25, -0.2) is 13.2 Å². The molecule has 0 aromatic heterocycles. The highest BCUT2D eigenvalue weighted by molar-refractivity contribution is 7.89. The minimum absolute atomic E-state index is 0.0229. The van der Waals surface area contributed by atoms with Crippen LogP contribution < -0.4 is 0 Å². The lowest BCUT2D eigenvalue weighted by Crippen LogP contribution is -2.36. The lowest BCUT2D eigenvalue weighted by molar-refractivity contribution is 0.0696. The van der Waals surface area contributed by atoms with Gasteiger partial charge in [0.2, 0.25) is 10.0 Å². The largest absolute Gasteiger partial charge is 0.478 e. The number of rotatable bonds is 4. The van der Waals surface area contributed by atoms with E-state index < -0.39 is 16.0 Å². The SMILES string of the molecule is O=C(O)c1ccc(-c2ccccc2)c(S(=O)(=O)N2CCCCC2)c1. The molecule has 0 unspecified atom stereocenters. The van der Waals surface area contributed by atoms with Gasteiger partial charge in [-0.2, -0.15) is 4.31 Å². The molecule has 2 aromatic carbocycles. The minimum Gasteiger partial charge on any atom is -0.478 e. The summed E-state index contributed by atoms with van der Waals surface area (Å²) in [7, 11) is -3.73. The Bertz CT molecular complexity index is 841. The number of aromatic carboxylic acids is 1. The third-order valence-corrected chi connectivity index (χ3v) is 6.18. The van der Waals surface area contributed by atoms with Crippen molar-refractivity contribution in [3.05, 3.63) is 54.1 Å². The fourth-order valence-electron chi connectivity index (χ4n) is 2.97. The number of hydrogen-bond donors (Lipinski definition) is 1. The van der Waals surface area contributed by atoms with E-state index in [0.717, 1.165) is 24.8 Å². The van der Waals surface area contributed by atoms with Gasteiger partial charge in [-0.1, -0.05) is 42.8 Å². The van der Waals surface area contributed by atoms with Crippen LogP contribution in [0.5, 0.6) is 0 Å². The van der Waals surface area contributed by atoms with Crippen LogP contribution in [-0.2, 0) is 10.0 Å². The van der Waals surface area contributed by atoms with E-state index >= 15 is 0 Å². The molecule has 1 N–H and O–H groups in total. The van der Waals surface area contributed by atoms with Crippen LogP contribution in [0.1, 0.15) is 29.6 Å². The zero-order chi connectivity index (χ0) is 17.2. The van der Waals surface area contributed by atoms with Crippen LogP contribution in [0.25, 0.3) is 11.1 Å². The monoisotopic (exact) mass is 345 g/mol. The van der Waals surface area contributed by atoms with Gasteiger partial charge in [0.05, 0.1) is 10.5 Å². The van der Waals surface area contributed by atoms with Crippen molar-refractivity contribution in [2.75, 3.05) is 13.1 Å². The van der Waals surface area contributed by atoms with Gasteiger partial charge >= 0.3 is 5.97 Å². The molecule has 0 radical (unpaired) electrons. The second-order valence-electron chi connectivity index (χ2n) is 5.85. The van der Waals surface area contributed by atoms with E-state index in [4.69, 9.17) is 0 Å². The molecule has 1 fully saturated rings. The van der Waals surface area contributed by atoms with E-state index in [9.17, 15) is 18.3 Å². The molecule has 5 nitrogen and oxygen atoms in total. The Labute approximate surface area is 141 Å². The Morgan fingerprint density at radius 2 is 1.62 bits per heavy atom. The Morgan fingerprint density at radius 3 is 2.25 bits per heavy atom. The molecular weight excluding hydrogens is 326 g/mol. The van der Waals surface area contributed by atoms with E-state index in [-0.39, 0.29) is 10.5 Å². The van der Waals surface area contributed by atoms with Crippen molar-refractivity contribution < 1.29 is 18.3 Å². The summed E-state index contributed by atoms with van der Waals surface area (Å²) in [5.41, 5.74) is 1.27. The van der Waals surface area contributed by atoms with Crippen LogP contribution in [-0.4, -0.2) is 36.9 Å². The molecule has 0 spiro atoms. The first-order chi connectivity index (χ1) is 11.5. The second-order valence-corrected chi connectivity index (χ2v) is 7.75. The van der Waals surface area contributed by atoms with Crippen molar-refractivity contribution in [3.8, 4) is 11.1 Å². The highest BCUT2D eigenvalue weighted by Crippen LogP contribution is 2.31. The number of carbonyl (C=O) groups is 1. The van der Waals surface area contributed by atoms with Crippen LogP contribution in [0.15, 0.2) is 53.4 Å². The predicted molar refractivity (Wildman–Crippen MR) is 91.4 cm³/mol. The van der Waals surface area contributed by atoms with Crippen LogP contribution in [0, 0.1) is 0 Å². The number of piperidine rings is 1. The molecule has 0 aliphatic carbocycles. The number of hydrogen-bond acceptors (Lipinski definition) is 3. The third-order valence-electron chi connectivity index (χ3n) is 4.25. The maximum absolute atomic E-state index is 13.1. The molecule has 0 saturated carbocycles. The van der Waals surface area contributed by atoms with Gasteiger partial charge in [0, 0.05) is 18.7 Å². The van der Waals surface area contributed by atoms with E-state index in [1.165, 1.54) is 16.4 Å². The van der Waals surface area contributed by atoms with Gasteiger partial charge < -0.3 is 5.11 Å². The Balaban J connectivity index is 2.16. The smallest absolute Gasteiger partial charge is 0.335 e. The summed E-state index contributed by atoms with van der Waals surface area (Å²) in [5, 5.41) is 9.24. The zero-order valence-electron chi connectivity index (χ0n) is 13.2. The molecule has 1 saturated heterocycles. The molecule has 1 aliphatic heterocycles. The Morgan fingerprint density at radius 1 is 0.958 bits per heavy atom. The lowest BCUT2D eigenvalue weighted by atomic mass is 10.0. The summed E-state index contributed by atoms with van der Waals surface area (Å²) >= 11 is 0. The van der Waals surface area contributed by atoms with E-state index in [1.54, 1.807) is 6.07 Å². The summed E-state index contributed by atoms with van der Waals surface area (Å²) in [6.07, 6.45) is 2.68. The normalized spacial score (nSPS) is 16.0. The molecule has 24 heavy (non-hydrogen) atoms. The molecule has 0 amide bonds. The van der Waals surface area contributed by atoms with Gasteiger partial charge in [0.25, 0.3) is 0 Å². The van der Waals surface area contributed by atoms with Crippen molar-refractivity contribution in [1.82, 2.24) is 4.31 Å². The molecule has 1 aliphatic rings. The first-order valence-corrected chi connectivity index (χ1v) is 9.37. The summed E-state index contributed by atoms with van der Waals surface area (Å²) in [4.78, 5) is 11.4. The average molecular weight is 345 g/mol. The molecule has 0 atom stereocenters. The lowest BCUT2D eigenvalue weighted by Gasteiger charge is -2.27. The Kier molecular flexibility index (Phi) is 4.69. The van der Waals surface area contributed by atoms with Crippen molar-refractivity contribution >= 4 is 16.0 Å². The molecule has 1 heterocycles. The third kappa shape index (κ3) is 3.20. The second kappa shape index (κ2) is 6.75. The van der Waals surface area contributed by atoms with Crippen molar-refractivity contribution in [2.45, 2.75) is 24.2 Å². The number of nitrogens with zero attached hydrogens (tertiary/aromatic N) is 1. The zero-order valence-corrected chi connectivity index (χ0v) is 14.0. The number of benzene rings is 2. The fourth-order valence-corrected chi connectivity index (χ4v) is 4.73. The predicted octanol–water partition coefficient (Wildman–Crippen LogP) is 3.23. The van der Waals surface area contributed by atoms with Crippen molar-refractivity contribution in [1.29, 1.82) is 0 Å². The number of carboxylic acid groups (broad SMARTS) is 1. The fraction of sp³-hybridized carbons (Fsp3) is 0.278. The maximum Gasteiger partial charge on any atom is 0.335 e. The molecule has 6 heteroatoms.